The molecule has 0 atom stereocenters. The van der Waals surface area contributed by atoms with E-state index in [1.54, 1.807) is 43.3 Å². The third-order valence-electron chi connectivity index (χ3n) is 4.23. The average molecular weight is 449 g/mol. The number of hydrogen-bond donors (Lipinski definition) is 1. The summed E-state index contributed by atoms with van der Waals surface area (Å²) in [7, 11) is -0.926. The number of anilines is 1. The summed E-state index contributed by atoms with van der Waals surface area (Å²) in [4.78, 5) is 13.6. The predicted molar refractivity (Wildman–Crippen MR) is 116 cm³/mol. The Balaban J connectivity index is 1.88. The number of sulfonamides is 1. The van der Waals surface area contributed by atoms with Gasteiger partial charge in [0.05, 0.1) is 11.5 Å². The standard InChI is InChI=1S/C21H21FN2O4S2/c1-4-28-17-10-9-14(13-20(17)30(26,27)24(2)3)23-21(25)19-12-11-18(29-19)15-7-5-6-8-16(15)22/h5-13H,4H2,1-3H3,(H,23,25). The second kappa shape index (κ2) is 8.95. The minimum Gasteiger partial charge on any atom is -0.492 e. The Hall–Kier alpha value is -2.75. The zero-order chi connectivity index (χ0) is 21.9. The SMILES string of the molecule is CCOc1ccc(NC(=O)c2ccc(-c3ccccc3F)s2)cc1S(=O)(=O)N(C)C. The molecule has 0 fully saturated rings. The number of halogens is 1. The van der Waals surface area contributed by atoms with E-state index in [2.05, 4.69) is 5.32 Å². The van der Waals surface area contributed by atoms with Crippen molar-refractivity contribution < 1.29 is 22.3 Å². The number of benzene rings is 2. The van der Waals surface area contributed by atoms with Crippen LogP contribution in [0.25, 0.3) is 10.4 Å². The van der Waals surface area contributed by atoms with Crippen molar-refractivity contribution in [3.05, 3.63) is 65.3 Å². The zero-order valence-corrected chi connectivity index (χ0v) is 18.3. The van der Waals surface area contributed by atoms with E-state index in [0.717, 1.165) is 15.6 Å². The molecule has 6 nitrogen and oxygen atoms in total. The summed E-state index contributed by atoms with van der Waals surface area (Å²) >= 11 is 1.15. The molecule has 1 N–H and O–H groups in total. The number of ether oxygens (including phenoxy) is 1. The fourth-order valence-corrected chi connectivity index (χ4v) is 4.70. The lowest BCUT2D eigenvalue weighted by Crippen LogP contribution is -2.23. The number of thiophene rings is 1. The summed E-state index contributed by atoms with van der Waals surface area (Å²) in [5.74, 6) is -0.571. The van der Waals surface area contributed by atoms with E-state index in [9.17, 15) is 17.6 Å². The normalized spacial score (nSPS) is 11.5. The summed E-state index contributed by atoms with van der Waals surface area (Å²) in [6.07, 6.45) is 0. The first kappa shape index (κ1) is 21.9. The second-order valence-electron chi connectivity index (χ2n) is 6.48. The topological polar surface area (TPSA) is 75.7 Å². The van der Waals surface area contributed by atoms with Crippen molar-refractivity contribution in [2.75, 3.05) is 26.0 Å². The van der Waals surface area contributed by atoms with Crippen LogP contribution < -0.4 is 10.1 Å². The van der Waals surface area contributed by atoms with Gasteiger partial charge in [-0.3, -0.25) is 4.79 Å². The molecule has 0 aliphatic carbocycles. The van der Waals surface area contributed by atoms with Crippen LogP contribution in [0, 0.1) is 5.82 Å². The molecule has 0 radical (unpaired) electrons. The van der Waals surface area contributed by atoms with Crippen molar-refractivity contribution in [1.82, 2.24) is 4.31 Å². The van der Waals surface area contributed by atoms with Crippen LogP contribution in [0.4, 0.5) is 10.1 Å². The number of amides is 1. The number of carbonyl (C=O) groups excluding carboxylic acids is 1. The van der Waals surface area contributed by atoms with Crippen LogP contribution in [0.5, 0.6) is 5.75 Å². The molecule has 3 rings (SSSR count). The molecule has 1 heterocycles. The van der Waals surface area contributed by atoms with Gasteiger partial charge in [-0.25, -0.2) is 17.1 Å². The molecular formula is C21H21FN2O4S2. The van der Waals surface area contributed by atoms with Crippen molar-refractivity contribution in [1.29, 1.82) is 0 Å². The maximum atomic E-state index is 14.0. The summed E-state index contributed by atoms with van der Waals surface area (Å²) in [6, 6.07) is 14.1. The third-order valence-corrected chi connectivity index (χ3v) is 7.18. The molecule has 158 valence electrons. The average Bonchev–Trinajstić information content (AvgIpc) is 3.19. The summed E-state index contributed by atoms with van der Waals surface area (Å²) in [5.41, 5.74) is 0.728. The Morgan fingerprint density at radius 3 is 2.53 bits per heavy atom. The number of hydrogen-bond acceptors (Lipinski definition) is 5. The van der Waals surface area contributed by atoms with Crippen LogP contribution in [0.15, 0.2) is 59.5 Å². The quantitative estimate of drug-likeness (QED) is 0.579. The molecule has 0 unspecified atom stereocenters. The van der Waals surface area contributed by atoms with Crippen LogP contribution in [0.1, 0.15) is 16.6 Å². The van der Waals surface area contributed by atoms with Gasteiger partial charge in [-0.2, -0.15) is 0 Å². The minimum atomic E-state index is -3.77. The van der Waals surface area contributed by atoms with E-state index >= 15 is 0 Å². The lowest BCUT2D eigenvalue weighted by atomic mass is 10.2. The number of carbonyl (C=O) groups is 1. The predicted octanol–water partition coefficient (Wildman–Crippen LogP) is 4.46. The Morgan fingerprint density at radius 2 is 1.87 bits per heavy atom. The van der Waals surface area contributed by atoms with E-state index in [0.29, 0.717) is 27.6 Å². The van der Waals surface area contributed by atoms with Gasteiger partial charge in [0.1, 0.15) is 16.5 Å². The van der Waals surface area contributed by atoms with Crippen molar-refractivity contribution >= 4 is 33.0 Å². The number of rotatable bonds is 7. The van der Waals surface area contributed by atoms with E-state index in [-0.39, 0.29) is 16.5 Å². The highest BCUT2D eigenvalue weighted by atomic mass is 32.2. The number of nitrogens with one attached hydrogen (secondary N) is 1. The van der Waals surface area contributed by atoms with E-state index < -0.39 is 15.9 Å². The van der Waals surface area contributed by atoms with Gasteiger partial charge in [0.2, 0.25) is 10.0 Å². The van der Waals surface area contributed by atoms with Crippen molar-refractivity contribution in [3.8, 4) is 16.2 Å². The van der Waals surface area contributed by atoms with Crippen molar-refractivity contribution in [2.24, 2.45) is 0 Å². The van der Waals surface area contributed by atoms with Crippen LogP contribution in [0.3, 0.4) is 0 Å². The maximum absolute atomic E-state index is 14.0. The molecule has 1 amide bonds. The van der Waals surface area contributed by atoms with E-state index in [1.807, 2.05) is 0 Å². The fourth-order valence-electron chi connectivity index (χ4n) is 2.72. The van der Waals surface area contributed by atoms with E-state index in [1.165, 1.54) is 32.3 Å². The third kappa shape index (κ3) is 4.53. The van der Waals surface area contributed by atoms with Crippen LogP contribution in [0.2, 0.25) is 0 Å². The largest absolute Gasteiger partial charge is 0.492 e. The van der Waals surface area contributed by atoms with Gasteiger partial charge in [-0.15, -0.1) is 11.3 Å². The molecule has 0 saturated carbocycles. The van der Waals surface area contributed by atoms with E-state index in [4.69, 9.17) is 4.74 Å². The molecule has 1 aromatic heterocycles. The molecule has 2 aromatic carbocycles. The van der Waals surface area contributed by atoms with Crippen LogP contribution in [-0.4, -0.2) is 39.3 Å². The van der Waals surface area contributed by atoms with Crippen molar-refractivity contribution in [3.63, 3.8) is 0 Å². The Labute approximate surface area is 179 Å². The molecule has 9 heteroatoms. The lowest BCUT2D eigenvalue weighted by Gasteiger charge is -2.16. The molecule has 0 aliphatic rings. The van der Waals surface area contributed by atoms with Gasteiger partial charge in [-0.05, 0) is 43.3 Å². The summed E-state index contributed by atoms with van der Waals surface area (Å²) < 4.78 is 45.8. The highest BCUT2D eigenvalue weighted by molar-refractivity contribution is 7.89. The first-order valence-corrected chi connectivity index (χ1v) is 11.3. The first-order chi connectivity index (χ1) is 14.2. The molecular weight excluding hydrogens is 427 g/mol. The van der Waals surface area contributed by atoms with Gasteiger partial charge in [0.25, 0.3) is 5.91 Å². The minimum absolute atomic E-state index is 0.0367. The second-order valence-corrected chi connectivity index (χ2v) is 9.68. The Morgan fingerprint density at radius 1 is 1.13 bits per heavy atom. The van der Waals surface area contributed by atoms with Gasteiger partial charge in [-0.1, -0.05) is 18.2 Å². The van der Waals surface area contributed by atoms with Crippen LogP contribution >= 0.6 is 11.3 Å². The molecule has 0 saturated heterocycles. The molecule has 0 spiro atoms. The fraction of sp³-hybridized carbons (Fsp3) is 0.190. The molecule has 0 bridgehead atoms. The van der Waals surface area contributed by atoms with Gasteiger partial charge < -0.3 is 10.1 Å². The lowest BCUT2D eigenvalue weighted by molar-refractivity contribution is 0.103. The maximum Gasteiger partial charge on any atom is 0.265 e. The summed E-state index contributed by atoms with van der Waals surface area (Å²) in [6.45, 7) is 2.06. The summed E-state index contributed by atoms with van der Waals surface area (Å²) in [5, 5.41) is 2.70. The Bertz CT molecular complexity index is 1170. The van der Waals surface area contributed by atoms with Gasteiger partial charge in [0.15, 0.2) is 0 Å². The smallest absolute Gasteiger partial charge is 0.265 e. The highest BCUT2D eigenvalue weighted by Crippen LogP contribution is 2.32. The van der Waals surface area contributed by atoms with Gasteiger partial charge in [0, 0.05) is 30.2 Å². The van der Waals surface area contributed by atoms with Crippen molar-refractivity contribution in [2.45, 2.75) is 11.8 Å². The molecule has 3 aromatic rings. The Kier molecular flexibility index (Phi) is 6.55. The monoisotopic (exact) mass is 448 g/mol. The molecule has 30 heavy (non-hydrogen) atoms. The van der Waals surface area contributed by atoms with Crippen LogP contribution in [-0.2, 0) is 10.0 Å². The molecule has 0 aliphatic heterocycles. The first-order valence-electron chi connectivity index (χ1n) is 9.09. The highest BCUT2D eigenvalue weighted by Gasteiger charge is 2.23. The number of nitrogens with zero attached hydrogens (tertiary/aromatic N) is 1. The zero-order valence-electron chi connectivity index (χ0n) is 16.7. The van der Waals surface area contributed by atoms with Gasteiger partial charge >= 0.3 is 0 Å².